The van der Waals surface area contributed by atoms with Crippen molar-refractivity contribution in [2.45, 2.75) is 55.5 Å². The van der Waals surface area contributed by atoms with Crippen LogP contribution in [0.1, 0.15) is 54.7 Å². The zero-order valence-corrected chi connectivity index (χ0v) is 18.3. The van der Waals surface area contributed by atoms with E-state index >= 15 is 0 Å². The second-order valence-corrected chi connectivity index (χ2v) is 9.66. The molecule has 5 rings (SSSR count). The first-order valence-corrected chi connectivity index (χ1v) is 12.2. The van der Waals surface area contributed by atoms with Gasteiger partial charge in [-0.3, -0.25) is 0 Å². The summed E-state index contributed by atoms with van der Waals surface area (Å²) in [6.07, 6.45) is 7.28. The quantitative estimate of drug-likeness (QED) is 0.378. The predicted molar refractivity (Wildman–Crippen MR) is 120 cm³/mol. The molecular formula is C22H25N5S2. The molecule has 0 amide bonds. The minimum Gasteiger partial charge on any atom is -0.330 e. The maximum Gasteiger partial charge on any atom is 0.191 e. The average molecular weight is 424 g/mol. The lowest BCUT2D eigenvalue weighted by molar-refractivity contribution is 0.330. The van der Waals surface area contributed by atoms with Gasteiger partial charge in [0.25, 0.3) is 0 Å². The lowest BCUT2D eigenvalue weighted by Gasteiger charge is -2.25. The molecule has 1 aliphatic carbocycles. The Morgan fingerprint density at radius 3 is 2.69 bits per heavy atom. The van der Waals surface area contributed by atoms with E-state index in [0.717, 1.165) is 34.5 Å². The Balaban J connectivity index is 1.42. The van der Waals surface area contributed by atoms with Gasteiger partial charge in [-0.15, -0.1) is 21.5 Å². The first kappa shape index (κ1) is 18.9. The molecule has 0 atom stereocenters. The summed E-state index contributed by atoms with van der Waals surface area (Å²) < 4.78 is 4.63. The van der Waals surface area contributed by atoms with Crippen LogP contribution in [0.5, 0.6) is 0 Å². The number of nitrogens with zero attached hydrogens (tertiary/aromatic N) is 5. The number of benzene rings is 1. The van der Waals surface area contributed by atoms with E-state index in [2.05, 4.69) is 62.1 Å². The fraction of sp³-hybridized carbons (Fsp3) is 0.409. The maximum atomic E-state index is 4.82. The summed E-state index contributed by atoms with van der Waals surface area (Å²) >= 11 is 3.56. The molecule has 29 heavy (non-hydrogen) atoms. The van der Waals surface area contributed by atoms with Crippen molar-refractivity contribution in [1.29, 1.82) is 0 Å². The van der Waals surface area contributed by atoms with Crippen LogP contribution < -0.4 is 0 Å². The highest BCUT2D eigenvalue weighted by atomic mass is 32.2. The van der Waals surface area contributed by atoms with Crippen LogP contribution in [-0.4, -0.2) is 24.3 Å². The number of hydrogen-bond donors (Lipinski definition) is 0. The third-order valence-electron chi connectivity index (χ3n) is 5.80. The molecule has 150 valence electrons. The van der Waals surface area contributed by atoms with Gasteiger partial charge in [-0.25, -0.2) is 4.98 Å². The predicted octanol–water partition coefficient (Wildman–Crippen LogP) is 5.61. The van der Waals surface area contributed by atoms with Crippen LogP contribution in [0.3, 0.4) is 0 Å². The van der Waals surface area contributed by atoms with E-state index in [4.69, 9.17) is 4.98 Å². The Morgan fingerprint density at radius 2 is 1.90 bits per heavy atom. The summed E-state index contributed by atoms with van der Waals surface area (Å²) in [5, 5.41) is 12.4. The molecule has 0 bridgehead atoms. The molecule has 1 aromatic carbocycles. The minimum atomic E-state index is 0.525. The largest absolute Gasteiger partial charge is 0.330 e. The molecule has 1 fully saturated rings. The monoisotopic (exact) mass is 423 g/mol. The molecule has 5 nitrogen and oxygen atoms in total. The highest BCUT2D eigenvalue weighted by Crippen LogP contribution is 2.34. The van der Waals surface area contributed by atoms with Gasteiger partial charge in [0.15, 0.2) is 5.16 Å². The van der Waals surface area contributed by atoms with E-state index in [0.29, 0.717) is 6.04 Å². The molecule has 0 aliphatic heterocycles. The van der Waals surface area contributed by atoms with Crippen LogP contribution in [0.25, 0.3) is 11.0 Å². The number of hydrogen-bond acceptors (Lipinski definition) is 5. The van der Waals surface area contributed by atoms with E-state index in [1.165, 1.54) is 42.5 Å². The van der Waals surface area contributed by atoms with E-state index < -0.39 is 0 Å². The van der Waals surface area contributed by atoms with E-state index in [1.54, 1.807) is 23.1 Å². The molecular weight excluding hydrogens is 398 g/mol. The number of thiophene rings is 1. The van der Waals surface area contributed by atoms with Gasteiger partial charge < -0.3 is 9.13 Å². The van der Waals surface area contributed by atoms with Crippen molar-refractivity contribution < 1.29 is 0 Å². The standard InChI is InChI=1S/C22H25N5S2/c1-26-19-12-6-5-11-18(19)23-21(26)15-29-22-25-24-20(14-17-10-7-13-28-17)27(22)16-8-3-2-4-9-16/h5-7,10-13,16H,2-4,8-9,14-15H2,1H3. The van der Waals surface area contributed by atoms with Crippen molar-refractivity contribution in [3.8, 4) is 0 Å². The molecule has 1 saturated carbocycles. The summed E-state index contributed by atoms with van der Waals surface area (Å²) in [4.78, 5) is 6.17. The molecule has 0 radical (unpaired) electrons. The smallest absolute Gasteiger partial charge is 0.191 e. The van der Waals surface area contributed by atoms with Crippen LogP contribution >= 0.6 is 23.1 Å². The lowest BCUT2D eigenvalue weighted by atomic mass is 9.95. The Hall–Kier alpha value is -2.12. The second-order valence-electron chi connectivity index (χ2n) is 7.68. The fourth-order valence-corrected chi connectivity index (χ4v) is 5.96. The van der Waals surface area contributed by atoms with Crippen molar-refractivity contribution in [2.24, 2.45) is 7.05 Å². The highest BCUT2D eigenvalue weighted by molar-refractivity contribution is 7.98. The molecule has 1 aliphatic rings. The van der Waals surface area contributed by atoms with Crippen LogP contribution in [-0.2, 0) is 19.2 Å². The van der Waals surface area contributed by atoms with E-state index in [1.807, 2.05) is 6.07 Å². The first-order valence-electron chi connectivity index (χ1n) is 10.3. The Bertz CT molecular complexity index is 1090. The van der Waals surface area contributed by atoms with Gasteiger partial charge in [0.05, 0.1) is 16.8 Å². The molecule has 0 saturated heterocycles. The second kappa shape index (κ2) is 8.32. The van der Waals surface area contributed by atoms with Crippen LogP contribution in [0.4, 0.5) is 0 Å². The van der Waals surface area contributed by atoms with E-state index in [-0.39, 0.29) is 0 Å². The van der Waals surface area contributed by atoms with Crippen LogP contribution in [0.2, 0.25) is 0 Å². The summed E-state index contributed by atoms with van der Waals surface area (Å²) in [6.45, 7) is 0. The maximum absolute atomic E-state index is 4.82. The number of para-hydroxylation sites is 2. The van der Waals surface area contributed by atoms with Gasteiger partial charge in [-0.2, -0.15) is 0 Å². The topological polar surface area (TPSA) is 48.5 Å². The Morgan fingerprint density at radius 1 is 1.03 bits per heavy atom. The zero-order chi connectivity index (χ0) is 19.6. The molecule has 0 unspecified atom stereocenters. The summed E-state index contributed by atoms with van der Waals surface area (Å²) in [6, 6.07) is 13.1. The molecule has 0 N–H and O–H groups in total. The summed E-state index contributed by atoms with van der Waals surface area (Å²) in [5.41, 5.74) is 2.23. The van der Waals surface area contributed by atoms with Crippen molar-refractivity contribution >= 4 is 34.1 Å². The number of imidazole rings is 1. The minimum absolute atomic E-state index is 0.525. The molecule has 0 spiro atoms. The number of aromatic nitrogens is 5. The molecule has 3 heterocycles. The van der Waals surface area contributed by atoms with Gasteiger partial charge in [-0.1, -0.05) is 49.2 Å². The number of thioether (sulfide) groups is 1. The van der Waals surface area contributed by atoms with Gasteiger partial charge in [0, 0.05) is 24.4 Å². The lowest BCUT2D eigenvalue weighted by Crippen LogP contribution is -2.16. The van der Waals surface area contributed by atoms with Crippen LogP contribution in [0.15, 0.2) is 46.9 Å². The fourth-order valence-electron chi connectivity index (χ4n) is 4.25. The van der Waals surface area contributed by atoms with Crippen molar-refractivity contribution in [3.05, 3.63) is 58.3 Å². The van der Waals surface area contributed by atoms with Gasteiger partial charge >= 0.3 is 0 Å². The summed E-state index contributed by atoms with van der Waals surface area (Å²) in [7, 11) is 2.10. The molecule has 4 aromatic rings. The van der Waals surface area contributed by atoms with Crippen molar-refractivity contribution in [1.82, 2.24) is 24.3 Å². The van der Waals surface area contributed by atoms with Crippen molar-refractivity contribution in [2.75, 3.05) is 0 Å². The van der Waals surface area contributed by atoms with Gasteiger partial charge in [0.2, 0.25) is 0 Å². The van der Waals surface area contributed by atoms with Gasteiger partial charge in [0.1, 0.15) is 11.6 Å². The number of fused-ring (bicyclic) bond motifs is 1. The molecule has 7 heteroatoms. The average Bonchev–Trinajstić information content (AvgIpc) is 3.48. The number of rotatable bonds is 6. The SMILES string of the molecule is Cn1c(CSc2nnc(Cc3cccs3)n2C2CCCCC2)nc2ccccc21. The third kappa shape index (κ3) is 3.85. The first-order chi connectivity index (χ1) is 14.3. The van der Waals surface area contributed by atoms with Crippen molar-refractivity contribution in [3.63, 3.8) is 0 Å². The third-order valence-corrected chi connectivity index (χ3v) is 7.61. The number of aryl methyl sites for hydroxylation is 1. The highest BCUT2D eigenvalue weighted by Gasteiger charge is 2.23. The molecule has 3 aromatic heterocycles. The Labute approximate surface area is 179 Å². The van der Waals surface area contributed by atoms with Crippen LogP contribution in [0, 0.1) is 0 Å². The summed E-state index contributed by atoms with van der Waals surface area (Å²) in [5.74, 6) is 2.98. The van der Waals surface area contributed by atoms with Gasteiger partial charge in [-0.05, 0) is 36.4 Å². The Kier molecular flexibility index (Phi) is 5.42. The normalized spacial score (nSPS) is 15.3. The zero-order valence-electron chi connectivity index (χ0n) is 16.6. The van der Waals surface area contributed by atoms with E-state index in [9.17, 15) is 0 Å².